The minimum atomic E-state index is -3.77. The Labute approximate surface area is 176 Å². The highest BCUT2D eigenvalue weighted by molar-refractivity contribution is 7.92. The summed E-state index contributed by atoms with van der Waals surface area (Å²) in [5.74, 6) is -0.428. The number of nitrogens with one attached hydrogen (secondary N) is 1. The van der Waals surface area contributed by atoms with E-state index in [-0.39, 0.29) is 10.7 Å². The Morgan fingerprint density at radius 3 is 2.39 bits per heavy atom. The molecule has 2 rings (SSSR count). The number of sulfonamides is 1. The number of carbonyl (C=O) groups is 1. The fraction of sp³-hybridized carbons (Fsp3) is 0.316. The van der Waals surface area contributed by atoms with Gasteiger partial charge in [0.15, 0.2) is 0 Å². The van der Waals surface area contributed by atoms with Gasteiger partial charge in [0.05, 0.1) is 17.0 Å². The number of rotatable bonds is 8. The third kappa shape index (κ3) is 5.77. The number of likely N-dealkylation sites (N-methyl/N-ethyl adjacent to an activating group) is 1. The van der Waals surface area contributed by atoms with Gasteiger partial charge in [-0.25, -0.2) is 8.42 Å². The number of hydrogen-bond donors (Lipinski definition) is 1. The van der Waals surface area contributed by atoms with E-state index in [1.807, 2.05) is 42.3 Å². The van der Waals surface area contributed by atoms with Gasteiger partial charge in [0.25, 0.3) is 0 Å². The quantitative estimate of drug-likeness (QED) is 0.678. The van der Waals surface area contributed by atoms with Gasteiger partial charge in [0.2, 0.25) is 15.9 Å². The fourth-order valence-corrected chi connectivity index (χ4v) is 4.35. The second kappa shape index (κ2) is 9.49. The van der Waals surface area contributed by atoms with Crippen molar-refractivity contribution in [3.63, 3.8) is 0 Å². The fourth-order valence-electron chi connectivity index (χ4n) is 2.74. The van der Waals surface area contributed by atoms with Crippen LogP contribution in [0.25, 0.3) is 0 Å². The monoisotopic (exact) mass is 443 g/mol. The van der Waals surface area contributed by atoms with Crippen LogP contribution in [-0.2, 0) is 14.8 Å². The molecule has 0 aliphatic heterocycles. The van der Waals surface area contributed by atoms with Crippen molar-refractivity contribution >= 4 is 50.5 Å². The molecule has 152 valence electrons. The molecule has 2 aromatic carbocycles. The van der Waals surface area contributed by atoms with Crippen molar-refractivity contribution < 1.29 is 13.2 Å². The molecule has 1 N–H and O–H groups in total. The normalized spacial score (nSPS) is 12.3. The van der Waals surface area contributed by atoms with Gasteiger partial charge in [-0.3, -0.25) is 9.10 Å². The number of hydrogen-bond acceptors (Lipinski definition) is 4. The molecule has 0 bridgehead atoms. The van der Waals surface area contributed by atoms with E-state index in [1.54, 1.807) is 6.07 Å². The van der Waals surface area contributed by atoms with Crippen LogP contribution in [0.4, 0.5) is 11.4 Å². The summed E-state index contributed by atoms with van der Waals surface area (Å²) < 4.78 is 25.7. The Hall–Kier alpha value is -1.96. The first-order valence-corrected chi connectivity index (χ1v) is 11.2. The van der Waals surface area contributed by atoms with E-state index >= 15 is 0 Å². The van der Waals surface area contributed by atoms with Crippen molar-refractivity contribution in [1.29, 1.82) is 0 Å². The lowest BCUT2D eigenvalue weighted by Gasteiger charge is -2.29. The highest BCUT2D eigenvalue weighted by atomic mass is 35.5. The maximum atomic E-state index is 12.6. The predicted octanol–water partition coefficient (Wildman–Crippen LogP) is 3.40. The summed E-state index contributed by atoms with van der Waals surface area (Å²) in [4.78, 5) is 14.6. The minimum Gasteiger partial charge on any atom is -0.373 e. The van der Waals surface area contributed by atoms with Gasteiger partial charge in [-0.1, -0.05) is 41.4 Å². The SMILES string of the molecule is C[C@H](C(=O)NCCN(C)c1ccccc1)N(c1cc(Cl)ccc1Cl)S(C)(=O)=O. The Balaban J connectivity index is 2.09. The maximum absolute atomic E-state index is 12.6. The van der Waals surface area contributed by atoms with E-state index in [4.69, 9.17) is 23.2 Å². The summed E-state index contributed by atoms with van der Waals surface area (Å²) in [5.41, 5.74) is 1.19. The summed E-state index contributed by atoms with van der Waals surface area (Å²) in [6.07, 6.45) is 1.02. The van der Waals surface area contributed by atoms with E-state index < -0.39 is 22.0 Å². The number of benzene rings is 2. The van der Waals surface area contributed by atoms with Crippen molar-refractivity contribution in [3.05, 3.63) is 58.6 Å². The third-order valence-electron chi connectivity index (χ3n) is 4.18. The van der Waals surface area contributed by atoms with Crippen LogP contribution in [0.15, 0.2) is 48.5 Å². The van der Waals surface area contributed by atoms with E-state index in [9.17, 15) is 13.2 Å². The van der Waals surface area contributed by atoms with E-state index in [0.29, 0.717) is 18.1 Å². The molecule has 1 amide bonds. The highest BCUT2D eigenvalue weighted by Gasteiger charge is 2.30. The van der Waals surface area contributed by atoms with Gasteiger partial charge in [-0.05, 0) is 37.3 Å². The molecule has 0 unspecified atom stereocenters. The van der Waals surface area contributed by atoms with Crippen LogP contribution in [0.3, 0.4) is 0 Å². The molecule has 2 aromatic rings. The smallest absolute Gasteiger partial charge is 0.243 e. The number of amides is 1. The summed E-state index contributed by atoms with van der Waals surface area (Å²) in [6.45, 7) is 2.43. The first-order chi connectivity index (χ1) is 13.1. The zero-order valence-electron chi connectivity index (χ0n) is 15.9. The van der Waals surface area contributed by atoms with Gasteiger partial charge in [0, 0.05) is 30.8 Å². The van der Waals surface area contributed by atoms with Crippen LogP contribution in [-0.4, -0.2) is 46.8 Å². The van der Waals surface area contributed by atoms with Crippen molar-refractivity contribution in [1.82, 2.24) is 5.32 Å². The van der Waals surface area contributed by atoms with Crippen LogP contribution < -0.4 is 14.5 Å². The lowest BCUT2D eigenvalue weighted by Crippen LogP contribution is -2.49. The van der Waals surface area contributed by atoms with Gasteiger partial charge in [-0.2, -0.15) is 0 Å². The molecule has 0 saturated carbocycles. The average Bonchev–Trinajstić information content (AvgIpc) is 2.64. The lowest BCUT2D eigenvalue weighted by molar-refractivity contribution is -0.121. The van der Waals surface area contributed by atoms with Crippen molar-refractivity contribution in [2.24, 2.45) is 0 Å². The van der Waals surface area contributed by atoms with Crippen molar-refractivity contribution in [3.8, 4) is 0 Å². The predicted molar refractivity (Wildman–Crippen MR) is 116 cm³/mol. The van der Waals surface area contributed by atoms with Crippen molar-refractivity contribution in [2.75, 3.05) is 35.6 Å². The van der Waals surface area contributed by atoms with Crippen LogP contribution in [0.5, 0.6) is 0 Å². The molecule has 0 aliphatic carbocycles. The van der Waals surface area contributed by atoms with E-state index in [1.165, 1.54) is 19.1 Å². The highest BCUT2D eigenvalue weighted by Crippen LogP contribution is 2.32. The van der Waals surface area contributed by atoms with Gasteiger partial charge in [0.1, 0.15) is 6.04 Å². The zero-order valence-corrected chi connectivity index (χ0v) is 18.2. The molecule has 0 aliphatic rings. The molecule has 0 aromatic heterocycles. The molecule has 0 spiro atoms. The number of para-hydroxylation sites is 1. The number of nitrogens with zero attached hydrogens (tertiary/aromatic N) is 2. The standard InChI is InChI=1S/C19H23Cl2N3O3S/c1-14(19(25)22-11-12-23(2)16-7-5-4-6-8-16)24(28(3,26)27)18-13-15(20)9-10-17(18)21/h4-10,13-14H,11-12H2,1-3H3,(H,22,25)/t14-/m1/s1. The summed E-state index contributed by atoms with van der Waals surface area (Å²) in [6, 6.07) is 13.2. The zero-order chi connectivity index (χ0) is 20.9. The first-order valence-electron chi connectivity index (χ1n) is 8.59. The van der Waals surface area contributed by atoms with Gasteiger partial charge in [-0.15, -0.1) is 0 Å². The maximum Gasteiger partial charge on any atom is 0.243 e. The van der Waals surface area contributed by atoms with Gasteiger partial charge >= 0.3 is 0 Å². The Bertz CT molecular complexity index is 923. The Morgan fingerprint density at radius 2 is 1.79 bits per heavy atom. The molecule has 0 heterocycles. The van der Waals surface area contributed by atoms with Crippen LogP contribution in [0.1, 0.15) is 6.92 Å². The molecule has 0 fully saturated rings. The Morgan fingerprint density at radius 1 is 1.14 bits per heavy atom. The van der Waals surface area contributed by atoms with E-state index in [0.717, 1.165) is 16.2 Å². The second-order valence-electron chi connectivity index (χ2n) is 6.38. The summed E-state index contributed by atoms with van der Waals surface area (Å²) in [7, 11) is -1.85. The number of carbonyl (C=O) groups excluding carboxylic acids is 1. The van der Waals surface area contributed by atoms with Crippen LogP contribution in [0, 0.1) is 0 Å². The summed E-state index contributed by atoms with van der Waals surface area (Å²) in [5, 5.41) is 3.29. The average molecular weight is 444 g/mol. The minimum absolute atomic E-state index is 0.167. The molecule has 28 heavy (non-hydrogen) atoms. The molecular formula is C19H23Cl2N3O3S. The van der Waals surface area contributed by atoms with Crippen LogP contribution in [0.2, 0.25) is 10.0 Å². The van der Waals surface area contributed by atoms with E-state index in [2.05, 4.69) is 5.32 Å². The summed E-state index contributed by atoms with van der Waals surface area (Å²) >= 11 is 12.1. The van der Waals surface area contributed by atoms with Gasteiger partial charge < -0.3 is 10.2 Å². The second-order valence-corrected chi connectivity index (χ2v) is 9.08. The first kappa shape index (κ1) is 22.3. The lowest BCUT2D eigenvalue weighted by atomic mass is 10.2. The molecular weight excluding hydrogens is 421 g/mol. The number of halogens is 2. The van der Waals surface area contributed by atoms with Crippen LogP contribution >= 0.6 is 23.2 Å². The molecule has 0 saturated heterocycles. The molecule has 0 radical (unpaired) electrons. The van der Waals surface area contributed by atoms with Crippen molar-refractivity contribution in [2.45, 2.75) is 13.0 Å². The molecule has 1 atom stereocenters. The molecule has 6 nitrogen and oxygen atoms in total. The Kier molecular flexibility index (Phi) is 7.57. The molecule has 9 heteroatoms. The third-order valence-corrected chi connectivity index (χ3v) is 5.96. The number of anilines is 2. The topological polar surface area (TPSA) is 69.7 Å². The largest absolute Gasteiger partial charge is 0.373 e.